The number of para-hydroxylation sites is 2. The van der Waals surface area contributed by atoms with Gasteiger partial charge in [-0.1, -0.05) is 12.1 Å². The van der Waals surface area contributed by atoms with Gasteiger partial charge in [-0.15, -0.1) is 0 Å². The highest BCUT2D eigenvalue weighted by Gasteiger charge is 2.29. The first-order valence-corrected chi connectivity index (χ1v) is 8.95. The van der Waals surface area contributed by atoms with Gasteiger partial charge in [-0.2, -0.15) is 0 Å². The number of carbonyl (C=O) groups is 1. The average molecular weight is 345 g/mol. The van der Waals surface area contributed by atoms with Crippen LogP contribution in [0.4, 0.5) is 5.69 Å². The van der Waals surface area contributed by atoms with Gasteiger partial charge in [-0.3, -0.25) is 9.79 Å². The molecule has 0 atom stereocenters. The van der Waals surface area contributed by atoms with Crippen molar-refractivity contribution in [2.24, 2.45) is 10.9 Å². The molecule has 1 amide bonds. The van der Waals surface area contributed by atoms with Crippen LogP contribution in [0.5, 0.6) is 5.75 Å². The molecule has 1 aromatic carbocycles. The van der Waals surface area contributed by atoms with Crippen molar-refractivity contribution in [2.45, 2.75) is 12.8 Å². The number of nitrogens with one attached hydrogen (secondary N) is 2. The number of aliphatic imine (C=N–C) groups is 1. The van der Waals surface area contributed by atoms with Gasteiger partial charge in [0.15, 0.2) is 5.96 Å². The Morgan fingerprint density at radius 3 is 2.48 bits per heavy atom. The van der Waals surface area contributed by atoms with Crippen molar-refractivity contribution in [3.63, 3.8) is 0 Å². The Labute approximate surface area is 148 Å². The van der Waals surface area contributed by atoms with Crippen molar-refractivity contribution < 1.29 is 9.90 Å². The number of guanidine groups is 1. The molecule has 0 aromatic heterocycles. The summed E-state index contributed by atoms with van der Waals surface area (Å²) in [7, 11) is 1.78. The maximum absolute atomic E-state index is 11.6. The number of anilines is 1. The second kappa shape index (κ2) is 8.09. The molecule has 0 radical (unpaired) electrons. The molecule has 1 aliphatic carbocycles. The molecule has 136 valence electrons. The van der Waals surface area contributed by atoms with Gasteiger partial charge in [0, 0.05) is 52.2 Å². The van der Waals surface area contributed by atoms with Gasteiger partial charge >= 0.3 is 0 Å². The third-order valence-corrected chi connectivity index (χ3v) is 4.67. The van der Waals surface area contributed by atoms with Crippen molar-refractivity contribution in [1.82, 2.24) is 15.5 Å². The standard InChI is InChI=1S/C18H27N5O2/c1-19-18(21-9-8-20-17(25)14-6-7-14)23-12-10-22(11-13-23)15-4-2-3-5-16(15)24/h2-5,14,24H,6-13H2,1H3,(H,19,21)(H,20,25). The van der Waals surface area contributed by atoms with Crippen LogP contribution in [0.25, 0.3) is 0 Å². The minimum absolute atomic E-state index is 0.174. The van der Waals surface area contributed by atoms with Crippen molar-refractivity contribution in [3.05, 3.63) is 24.3 Å². The number of hydrogen-bond donors (Lipinski definition) is 3. The first-order chi connectivity index (χ1) is 12.2. The molecule has 1 aromatic rings. The Balaban J connectivity index is 1.42. The van der Waals surface area contributed by atoms with Crippen molar-refractivity contribution in [1.29, 1.82) is 0 Å². The molecular formula is C18H27N5O2. The normalized spacial score (nSPS) is 18.2. The van der Waals surface area contributed by atoms with Crippen LogP contribution in [-0.2, 0) is 4.79 Å². The largest absolute Gasteiger partial charge is 0.506 e. The zero-order chi connectivity index (χ0) is 17.6. The van der Waals surface area contributed by atoms with Crippen LogP contribution in [0, 0.1) is 5.92 Å². The van der Waals surface area contributed by atoms with Crippen molar-refractivity contribution in [2.75, 3.05) is 51.2 Å². The van der Waals surface area contributed by atoms with Crippen LogP contribution in [-0.4, -0.2) is 68.2 Å². The van der Waals surface area contributed by atoms with E-state index in [1.807, 2.05) is 18.2 Å². The van der Waals surface area contributed by atoms with Crippen LogP contribution >= 0.6 is 0 Å². The molecule has 3 N–H and O–H groups in total. The zero-order valence-electron chi connectivity index (χ0n) is 14.7. The lowest BCUT2D eigenvalue weighted by molar-refractivity contribution is -0.122. The summed E-state index contributed by atoms with van der Waals surface area (Å²) < 4.78 is 0. The third kappa shape index (κ3) is 4.55. The molecule has 0 spiro atoms. The van der Waals surface area contributed by atoms with Crippen LogP contribution in [0.3, 0.4) is 0 Å². The third-order valence-electron chi connectivity index (χ3n) is 4.67. The van der Waals surface area contributed by atoms with Crippen molar-refractivity contribution >= 4 is 17.6 Å². The van der Waals surface area contributed by atoms with Crippen LogP contribution < -0.4 is 15.5 Å². The number of phenolic OH excluding ortho intramolecular Hbond substituents is 1. The maximum Gasteiger partial charge on any atom is 0.223 e. The highest BCUT2D eigenvalue weighted by molar-refractivity contribution is 5.81. The monoisotopic (exact) mass is 345 g/mol. The summed E-state index contributed by atoms with van der Waals surface area (Å²) >= 11 is 0. The predicted molar refractivity (Wildman–Crippen MR) is 99.0 cm³/mol. The summed E-state index contributed by atoms with van der Waals surface area (Å²) in [5.41, 5.74) is 0.882. The van der Waals surface area contributed by atoms with E-state index in [1.165, 1.54) is 0 Å². The number of nitrogens with zero attached hydrogens (tertiary/aromatic N) is 3. The molecule has 0 unspecified atom stereocenters. The number of piperazine rings is 1. The molecule has 1 saturated heterocycles. The highest BCUT2D eigenvalue weighted by Crippen LogP contribution is 2.28. The average Bonchev–Trinajstić information content (AvgIpc) is 3.48. The Morgan fingerprint density at radius 2 is 1.84 bits per heavy atom. The van der Waals surface area contributed by atoms with E-state index in [2.05, 4.69) is 25.4 Å². The first-order valence-electron chi connectivity index (χ1n) is 8.95. The quantitative estimate of drug-likeness (QED) is 0.414. The molecule has 3 rings (SSSR count). The summed E-state index contributed by atoms with van der Waals surface area (Å²) in [5, 5.41) is 16.3. The number of carbonyl (C=O) groups excluding carboxylic acids is 1. The minimum atomic E-state index is 0.174. The molecule has 1 aliphatic heterocycles. The summed E-state index contributed by atoms with van der Waals surface area (Å²) in [6.45, 7) is 4.62. The summed E-state index contributed by atoms with van der Waals surface area (Å²) in [6.07, 6.45) is 2.06. The highest BCUT2D eigenvalue weighted by atomic mass is 16.3. The first kappa shape index (κ1) is 17.4. The van der Waals surface area contributed by atoms with Crippen LogP contribution in [0.15, 0.2) is 29.3 Å². The lowest BCUT2D eigenvalue weighted by atomic mass is 10.2. The van der Waals surface area contributed by atoms with Crippen LogP contribution in [0.2, 0.25) is 0 Å². The van der Waals surface area contributed by atoms with Gasteiger partial charge < -0.3 is 25.5 Å². The smallest absolute Gasteiger partial charge is 0.223 e. The van der Waals surface area contributed by atoms with E-state index in [4.69, 9.17) is 0 Å². The molecule has 2 aliphatic rings. The van der Waals surface area contributed by atoms with Crippen LogP contribution in [0.1, 0.15) is 12.8 Å². The fourth-order valence-electron chi connectivity index (χ4n) is 3.07. The van der Waals surface area contributed by atoms with E-state index < -0.39 is 0 Å². The topological polar surface area (TPSA) is 80.2 Å². The summed E-state index contributed by atoms with van der Waals surface area (Å²) in [4.78, 5) is 20.4. The molecule has 7 heteroatoms. The summed E-state index contributed by atoms with van der Waals surface area (Å²) in [6, 6.07) is 7.44. The molecule has 25 heavy (non-hydrogen) atoms. The Bertz CT molecular complexity index is 622. The van der Waals surface area contributed by atoms with Gasteiger partial charge in [0.1, 0.15) is 5.75 Å². The van der Waals surface area contributed by atoms with E-state index in [9.17, 15) is 9.90 Å². The van der Waals surface area contributed by atoms with Gasteiger partial charge in [0.25, 0.3) is 0 Å². The van der Waals surface area contributed by atoms with Gasteiger partial charge in [-0.25, -0.2) is 0 Å². The van der Waals surface area contributed by atoms with Gasteiger partial charge in [-0.05, 0) is 25.0 Å². The SMILES string of the molecule is CN=C(NCCNC(=O)C1CC1)N1CCN(c2ccccc2O)CC1. The fourth-order valence-corrected chi connectivity index (χ4v) is 3.07. The molecule has 0 bridgehead atoms. The van der Waals surface area contributed by atoms with Gasteiger partial charge in [0.05, 0.1) is 5.69 Å². The van der Waals surface area contributed by atoms with Gasteiger partial charge in [0.2, 0.25) is 5.91 Å². The Kier molecular flexibility index (Phi) is 5.63. The number of hydrogen-bond acceptors (Lipinski definition) is 4. The van der Waals surface area contributed by atoms with Crippen molar-refractivity contribution in [3.8, 4) is 5.75 Å². The minimum Gasteiger partial charge on any atom is -0.506 e. The number of amides is 1. The fraction of sp³-hybridized carbons (Fsp3) is 0.556. The molecule has 2 fully saturated rings. The second-order valence-corrected chi connectivity index (χ2v) is 6.50. The zero-order valence-corrected chi connectivity index (χ0v) is 14.7. The second-order valence-electron chi connectivity index (χ2n) is 6.50. The number of aromatic hydroxyl groups is 1. The molecular weight excluding hydrogens is 318 g/mol. The molecule has 1 saturated carbocycles. The predicted octanol–water partition coefficient (Wildman–Crippen LogP) is 0.616. The number of benzene rings is 1. The Morgan fingerprint density at radius 1 is 1.16 bits per heavy atom. The molecule has 1 heterocycles. The lowest BCUT2D eigenvalue weighted by Gasteiger charge is -2.37. The number of phenols is 1. The van der Waals surface area contributed by atoms with E-state index in [1.54, 1.807) is 13.1 Å². The Hall–Kier alpha value is -2.44. The molecule has 7 nitrogen and oxygen atoms in total. The van der Waals surface area contributed by atoms with E-state index in [0.29, 0.717) is 18.8 Å². The summed E-state index contributed by atoms with van der Waals surface area (Å²) in [5.74, 6) is 1.61. The van der Waals surface area contributed by atoms with E-state index >= 15 is 0 Å². The number of rotatable bonds is 5. The maximum atomic E-state index is 11.6. The lowest BCUT2D eigenvalue weighted by Crippen LogP contribution is -2.53. The van der Waals surface area contributed by atoms with E-state index in [-0.39, 0.29) is 11.8 Å². The van der Waals surface area contributed by atoms with E-state index in [0.717, 1.165) is 50.7 Å².